The third-order valence-electron chi connectivity index (χ3n) is 3.69. The second kappa shape index (κ2) is 5.50. The summed E-state index contributed by atoms with van der Waals surface area (Å²) in [4.78, 5) is 3.31. The molecule has 3 aromatic rings. The molecule has 1 N–H and O–H groups in total. The Balaban J connectivity index is 2.55. The lowest BCUT2D eigenvalue weighted by Crippen LogP contribution is -1.93. The standard InChI is InChI=1S/C16H16ClNO4/c1-19-10-7-11(20-2)16(22-4)12-8-5-6-9(17)15(21-3)13(8)18-14(10)12/h5-7,18H,1-4H3. The molecule has 0 aliphatic carbocycles. The zero-order valence-corrected chi connectivity index (χ0v) is 13.5. The molecule has 0 saturated heterocycles. The van der Waals surface area contributed by atoms with Gasteiger partial charge in [0.1, 0.15) is 5.75 Å². The Bertz CT molecular complexity index is 857. The van der Waals surface area contributed by atoms with Gasteiger partial charge in [0.25, 0.3) is 0 Å². The molecule has 0 aliphatic heterocycles. The van der Waals surface area contributed by atoms with Crippen molar-refractivity contribution in [3.05, 3.63) is 23.2 Å². The molecule has 116 valence electrons. The fraction of sp³-hybridized carbons (Fsp3) is 0.250. The molecule has 0 radical (unpaired) electrons. The molecule has 0 saturated carbocycles. The topological polar surface area (TPSA) is 52.7 Å². The minimum atomic E-state index is 0.534. The zero-order chi connectivity index (χ0) is 15.9. The molecule has 1 aromatic heterocycles. The lowest BCUT2D eigenvalue weighted by molar-refractivity contribution is 0.354. The highest BCUT2D eigenvalue weighted by Crippen LogP contribution is 2.47. The van der Waals surface area contributed by atoms with E-state index in [9.17, 15) is 0 Å². The third kappa shape index (κ3) is 1.93. The van der Waals surface area contributed by atoms with Gasteiger partial charge in [0.15, 0.2) is 17.2 Å². The van der Waals surface area contributed by atoms with Gasteiger partial charge in [-0.1, -0.05) is 17.7 Å². The van der Waals surface area contributed by atoms with E-state index in [2.05, 4.69) is 4.98 Å². The van der Waals surface area contributed by atoms with Crippen molar-refractivity contribution in [3.8, 4) is 23.0 Å². The van der Waals surface area contributed by atoms with Crippen molar-refractivity contribution in [2.75, 3.05) is 28.4 Å². The van der Waals surface area contributed by atoms with Crippen LogP contribution in [0.4, 0.5) is 0 Å². The molecular weight excluding hydrogens is 306 g/mol. The Kier molecular flexibility index (Phi) is 3.66. The van der Waals surface area contributed by atoms with E-state index < -0.39 is 0 Å². The van der Waals surface area contributed by atoms with Crippen LogP contribution in [0.15, 0.2) is 18.2 Å². The number of benzene rings is 2. The van der Waals surface area contributed by atoms with Crippen LogP contribution in [0.3, 0.4) is 0 Å². The summed E-state index contributed by atoms with van der Waals surface area (Å²) in [5.74, 6) is 2.47. The van der Waals surface area contributed by atoms with Crippen LogP contribution in [0.5, 0.6) is 23.0 Å². The average molecular weight is 322 g/mol. The number of nitrogens with one attached hydrogen (secondary N) is 1. The zero-order valence-electron chi connectivity index (χ0n) is 12.7. The van der Waals surface area contributed by atoms with E-state index in [0.717, 1.165) is 21.8 Å². The Labute approximate surface area is 132 Å². The fourth-order valence-electron chi connectivity index (χ4n) is 2.73. The van der Waals surface area contributed by atoms with E-state index in [1.807, 2.05) is 6.07 Å². The highest BCUT2D eigenvalue weighted by Gasteiger charge is 2.21. The molecule has 2 aromatic carbocycles. The summed E-state index contributed by atoms with van der Waals surface area (Å²) < 4.78 is 21.8. The van der Waals surface area contributed by atoms with E-state index in [1.54, 1.807) is 40.6 Å². The Morgan fingerprint density at radius 2 is 1.50 bits per heavy atom. The third-order valence-corrected chi connectivity index (χ3v) is 3.98. The van der Waals surface area contributed by atoms with Gasteiger partial charge in [-0.2, -0.15) is 0 Å². The predicted octanol–water partition coefficient (Wildman–Crippen LogP) is 4.01. The first-order valence-electron chi connectivity index (χ1n) is 6.63. The summed E-state index contributed by atoms with van der Waals surface area (Å²) in [5.41, 5.74) is 1.59. The number of hydrogen-bond acceptors (Lipinski definition) is 4. The van der Waals surface area contributed by atoms with E-state index in [0.29, 0.717) is 28.0 Å². The number of ether oxygens (including phenoxy) is 4. The van der Waals surface area contributed by atoms with Gasteiger partial charge in [0, 0.05) is 11.5 Å². The van der Waals surface area contributed by atoms with Gasteiger partial charge in [0.05, 0.1) is 49.9 Å². The molecule has 0 unspecified atom stereocenters. The second-order valence-corrected chi connectivity index (χ2v) is 5.10. The Morgan fingerprint density at radius 3 is 2.09 bits per heavy atom. The minimum Gasteiger partial charge on any atom is -0.494 e. The van der Waals surface area contributed by atoms with Crippen LogP contribution in [-0.2, 0) is 0 Å². The number of methoxy groups -OCH3 is 4. The number of H-pyrrole nitrogens is 1. The first-order valence-corrected chi connectivity index (χ1v) is 7.00. The fourth-order valence-corrected chi connectivity index (χ4v) is 2.96. The molecule has 0 fully saturated rings. The molecular formula is C16H16ClNO4. The Morgan fingerprint density at radius 1 is 0.818 bits per heavy atom. The van der Waals surface area contributed by atoms with Gasteiger partial charge in [0.2, 0.25) is 0 Å². The van der Waals surface area contributed by atoms with Crippen molar-refractivity contribution in [2.45, 2.75) is 0 Å². The maximum Gasteiger partial charge on any atom is 0.170 e. The maximum absolute atomic E-state index is 6.20. The molecule has 0 atom stereocenters. The van der Waals surface area contributed by atoms with Gasteiger partial charge < -0.3 is 23.9 Å². The SMILES string of the molecule is COc1cc(OC)c2[nH]c3c(OC)c(Cl)ccc3c2c1OC. The number of aromatic nitrogens is 1. The van der Waals surface area contributed by atoms with Crippen LogP contribution >= 0.6 is 11.6 Å². The molecule has 6 heteroatoms. The van der Waals surface area contributed by atoms with Crippen LogP contribution in [0.2, 0.25) is 5.02 Å². The van der Waals surface area contributed by atoms with Crippen molar-refractivity contribution >= 4 is 33.4 Å². The number of aromatic amines is 1. The molecule has 1 heterocycles. The van der Waals surface area contributed by atoms with Crippen LogP contribution in [0.1, 0.15) is 0 Å². The van der Waals surface area contributed by atoms with E-state index in [-0.39, 0.29) is 0 Å². The van der Waals surface area contributed by atoms with Crippen LogP contribution in [0.25, 0.3) is 21.8 Å². The van der Waals surface area contributed by atoms with Crippen molar-refractivity contribution in [1.29, 1.82) is 0 Å². The number of rotatable bonds is 4. The first kappa shape index (κ1) is 14.7. The van der Waals surface area contributed by atoms with Gasteiger partial charge in [-0.15, -0.1) is 0 Å². The largest absolute Gasteiger partial charge is 0.494 e. The van der Waals surface area contributed by atoms with Crippen LogP contribution in [-0.4, -0.2) is 33.4 Å². The monoisotopic (exact) mass is 321 g/mol. The van der Waals surface area contributed by atoms with Crippen molar-refractivity contribution in [3.63, 3.8) is 0 Å². The van der Waals surface area contributed by atoms with Crippen molar-refractivity contribution in [1.82, 2.24) is 4.98 Å². The smallest absolute Gasteiger partial charge is 0.170 e. The van der Waals surface area contributed by atoms with Crippen LogP contribution < -0.4 is 18.9 Å². The number of halogens is 1. The van der Waals surface area contributed by atoms with Gasteiger partial charge >= 0.3 is 0 Å². The minimum absolute atomic E-state index is 0.534. The van der Waals surface area contributed by atoms with Gasteiger partial charge in [-0.05, 0) is 6.07 Å². The lowest BCUT2D eigenvalue weighted by Gasteiger charge is -2.11. The molecule has 22 heavy (non-hydrogen) atoms. The molecule has 0 bridgehead atoms. The summed E-state index contributed by atoms with van der Waals surface area (Å²) in [5, 5.41) is 2.32. The molecule has 5 nitrogen and oxygen atoms in total. The number of hydrogen-bond donors (Lipinski definition) is 1. The average Bonchev–Trinajstić information content (AvgIpc) is 2.92. The molecule has 0 amide bonds. The van der Waals surface area contributed by atoms with E-state index >= 15 is 0 Å². The summed E-state index contributed by atoms with van der Waals surface area (Å²) in [6, 6.07) is 5.49. The highest BCUT2D eigenvalue weighted by molar-refractivity contribution is 6.34. The summed E-state index contributed by atoms with van der Waals surface area (Å²) in [7, 11) is 6.39. The normalized spacial score (nSPS) is 11.0. The van der Waals surface area contributed by atoms with E-state index in [4.69, 9.17) is 30.5 Å². The first-order chi connectivity index (χ1) is 10.7. The summed E-state index contributed by atoms with van der Waals surface area (Å²) in [6.45, 7) is 0. The van der Waals surface area contributed by atoms with Gasteiger partial charge in [-0.25, -0.2) is 0 Å². The highest BCUT2D eigenvalue weighted by atomic mass is 35.5. The molecule has 3 rings (SSSR count). The van der Waals surface area contributed by atoms with E-state index in [1.165, 1.54) is 0 Å². The summed E-state index contributed by atoms with van der Waals surface area (Å²) in [6.07, 6.45) is 0. The predicted molar refractivity (Wildman–Crippen MR) is 87.0 cm³/mol. The van der Waals surface area contributed by atoms with Crippen LogP contribution in [0, 0.1) is 0 Å². The van der Waals surface area contributed by atoms with Crippen molar-refractivity contribution < 1.29 is 18.9 Å². The Hall–Kier alpha value is -2.27. The van der Waals surface area contributed by atoms with Gasteiger partial charge in [-0.3, -0.25) is 0 Å². The molecule has 0 aliphatic rings. The lowest BCUT2D eigenvalue weighted by atomic mass is 10.1. The maximum atomic E-state index is 6.20. The van der Waals surface area contributed by atoms with Crippen molar-refractivity contribution in [2.24, 2.45) is 0 Å². The molecule has 0 spiro atoms. The second-order valence-electron chi connectivity index (χ2n) is 4.69. The summed E-state index contributed by atoms with van der Waals surface area (Å²) >= 11 is 6.20. The number of fused-ring (bicyclic) bond motifs is 3. The quantitative estimate of drug-likeness (QED) is 0.789.